The van der Waals surface area contributed by atoms with Crippen LogP contribution in [0.15, 0.2) is 30.3 Å². The second kappa shape index (κ2) is 8.24. The van der Waals surface area contributed by atoms with Crippen LogP contribution in [0.4, 0.5) is 17.6 Å². The van der Waals surface area contributed by atoms with Crippen LogP contribution < -0.4 is 0 Å². The van der Waals surface area contributed by atoms with E-state index in [2.05, 4.69) is 19.1 Å². The fraction of sp³-hybridized carbons (Fsp3) is 0.455. The Balaban J connectivity index is 1.62. The molecule has 0 aromatic heterocycles. The molecule has 0 saturated heterocycles. The first-order valence-corrected chi connectivity index (χ1v) is 9.40. The van der Waals surface area contributed by atoms with Gasteiger partial charge in [0.05, 0.1) is 0 Å². The van der Waals surface area contributed by atoms with Gasteiger partial charge in [-0.15, -0.1) is 0 Å². The van der Waals surface area contributed by atoms with Crippen molar-refractivity contribution in [1.82, 2.24) is 0 Å². The lowest BCUT2D eigenvalue weighted by Gasteiger charge is -2.28. The van der Waals surface area contributed by atoms with Gasteiger partial charge >= 0.3 is 0 Å². The Bertz CT molecular complexity index is 744. The van der Waals surface area contributed by atoms with Crippen molar-refractivity contribution in [3.8, 4) is 0 Å². The van der Waals surface area contributed by atoms with Crippen LogP contribution in [0.3, 0.4) is 0 Å². The van der Waals surface area contributed by atoms with Crippen molar-refractivity contribution in [3.05, 3.63) is 70.3 Å². The lowest BCUT2D eigenvalue weighted by molar-refractivity contribution is 0.319. The molecule has 1 aliphatic carbocycles. The number of rotatable bonds is 5. The molecule has 0 bridgehead atoms. The molecule has 1 saturated carbocycles. The Hall–Kier alpha value is -1.84. The third-order valence-electron chi connectivity index (χ3n) is 5.74. The molecule has 0 heterocycles. The van der Waals surface area contributed by atoms with E-state index in [9.17, 15) is 17.6 Å². The van der Waals surface area contributed by atoms with E-state index in [1.54, 1.807) is 0 Å². The van der Waals surface area contributed by atoms with Crippen LogP contribution in [0.25, 0.3) is 0 Å². The second-order valence-electron chi connectivity index (χ2n) is 7.33. The SMILES string of the molecule is CCC1CCC(c2ccc(CCc3cc(F)c(F)c(F)c3F)cc2)CC1. The van der Waals surface area contributed by atoms with Gasteiger partial charge in [-0.3, -0.25) is 0 Å². The summed E-state index contributed by atoms with van der Waals surface area (Å²) in [4.78, 5) is 0. The van der Waals surface area contributed by atoms with Crippen molar-refractivity contribution >= 4 is 0 Å². The smallest absolute Gasteiger partial charge is 0.197 e. The van der Waals surface area contributed by atoms with Crippen molar-refractivity contribution in [3.63, 3.8) is 0 Å². The molecule has 2 aromatic rings. The van der Waals surface area contributed by atoms with Crippen molar-refractivity contribution < 1.29 is 17.6 Å². The molecule has 1 fully saturated rings. The molecular weight excluding hydrogens is 340 g/mol. The van der Waals surface area contributed by atoms with Crippen LogP contribution in [0.1, 0.15) is 61.6 Å². The summed E-state index contributed by atoms with van der Waals surface area (Å²) >= 11 is 0. The van der Waals surface area contributed by atoms with E-state index in [0.29, 0.717) is 12.3 Å². The van der Waals surface area contributed by atoms with E-state index in [-0.39, 0.29) is 12.0 Å². The number of hydrogen-bond donors (Lipinski definition) is 0. The van der Waals surface area contributed by atoms with Gasteiger partial charge in [0.2, 0.25) is 0 Å². The zero-order valence-electron chi connectivity index (χ0n) is 15.0. The zero-order valence-corrected chi connectivity index (χ0v) is 15.0. The molecule has 2 aromatic carbocycles. The van der Waals surface area contributed by atoms with Gasteiger partial charge in [0, 0.05) is 0 Å². The van der Waals surface area contributed by atoms with Gasteiger partial charge in [-0.05, 0) is 73.1 Å². The predicted molar refractivity (Wildman–Crippen MR) is 95.1 cm³/mol. The van der Waals surface area contributed by atoms with Crippen molar-refractivity contribution in [1.29, 1.82) is 0 Å². The van der Waals surface area contributed by atoms with Crippen molar-refractivity contribution in [2.45, 2.75) is 57.8 Å². The summed E-state index contributed by atoms with van der Waals surface area (Å²) in [6, 6.07) is 8.95. The number of halogens is 4. The maximum absolute atomic E-state index is 13.7. The molecule has 0 atom stereocenters. The van der Waals surface area contributed by atoms with Crippen LogP contribution in [0.5, 0.6) is 0 Å². The first kappa shape index (κ1) is 18.9. The monoisotopic (exact) mass is 364 g/mol. The molecule has 0 spiro atoms. The largest absolute Gasteiger partial charge is 0.204 e. The fourth-order valence-electron chi connectivity index (χ4n) is 3.94. The number of hydrogen-bond acceptors (Lipinski definition) is 0. The molecule has 0 unspecified atom stereocenters. The topological polar surface area (TPSA) is 0 Å². The normalized spacial score (nSPS) is 20.3. The van der Waals surface area contributed by atoms with Gasteiger partial charge in [-0.2, -0.15) is 0 Å². The van der Waals surface area contributed by atoms with E-state index in [4.69, 9.17) is 0 Å². The molecular formula is C22H24F4. The summed E-state index contributed by atoms with van der Waals surface area (Å²) in [6.45, 7) is 2.25. The van der Waals surface area contributed by atoms with Gasteiger partial charge in [-0.25, -0.2) is 17.6 Å². The highest BCUT2D eigenvalue weighted by molar-refractivity contribution is 5.28. The lowest BCUT2D eigenvalue weighted by Crippen LogP contribution is -2.12. The number of aryl methyl sites for hydroxylation is 2. The van der Waals surface area contributed by atoms with Crippen LogP contribution in [-0.2, 0) is 12.8 Å². The Morgan fingerprint density at radius 2 is 1.46 bits per heavy atom. The van der Waals surface area contributed by atoms with Gasteiger partial charge in [0.1, 0.15) is 0 Å². The van der Waals surface area contributed by atoms with Crippen molar-refractivity contribution in [2.24, 2.45) is 5.92 Å². The van der Waals surface area contributed by atoms with Gasteiger partial charge in [-0.1, -0.05) is 37.6 Å². The third-order valence-corrected chi connectivity index (χ3v) is 5.74. The highest BCUT2D eigenvalue weighted by Crippen LogP contribution is 2.37. The summed E-state index contributed by atoms with van der Waals surface area (Å²) in [5, 5.41) is 0. The van der Waals surface area contributed by atoms with E-state index >= 15 is 0 Å². The maximum atomic E-state index is 13.7. The molecule has 140 valence electrons. The summed E-state index contributed by atoms with van der Waals surface area (Å²) in [5.74, 6) is -4.68. The molecule has 0 radical (unpaired) electrons. The Morgan fingerprint density at radius 3 is 2.08 bits per heavy atom. The lowest BCUT2D eigenvalue weighted by atomic mass is 9.78. The molecule has 1 aliphatic rings. The van der Waals surface area contributed by atoms with Gasteiger partial charge in [0.25, 0.3) is 0 Å². The van der Waals surface area contributed by atoms with Gasteiger partial charge < -0.3 is 0 Å². The van der Waals surface area contributed by atoms with Crippen LogP contribution in [-0.4, -0.2) is 0 Å². The fourth-order valence-corrected chi connectivity index (χ4v) is 3.94. The summed E-state index contributed by atoms with van der Waals surface area (Å²) in [6.07, 6.45) is 6.83. The predicted octanol–water partition coefficient (Wildman–Crippen LogP) is 6.71. The minimum atomic E-state index is -1.76. The third kappa shape index (κ3) is 4.11. The molecule has 0 aliphatic heterocycles. The molecule has 0 amide bonds. The van der Waals surface area contributed by atoms with Gasteiger partial charge in [0.15, 0.2) is 23.3 Å². The standard InChI is InChI=1S/C22H24F4/c1-2-14-3-8-16(9-4-14)17-10-5-15(6-11-17)7-12-18-13-19(23)21(25)22(26)20(18)24/h5-6,10-11,13-14,16H,2-4,7-9,12H2,1H3. The molecule has 0 N–H and O–H groups in total. The van der Waals surface area contributed by atoms with E-state index in [1.807, 2.05) is 12.1 Å². The Labute approximate surface area is 152 Å². The summed E-state index contributed by atoms with van der Waals surface area (Å²) in [7, 11) is 0. The summed E-state index contributed by atoms with van der Waals surface area (Å²) in [5.41, 5.74) is 2.16. The van der Waals surface area contributed by atoms with Crippen LogP contribution in [0, 0.1) is 29.2 Å². The molecule has 4 heteroatoms. The molecule has 26 heavy (non-hydrogen) atoms. The maximum Gasteiger partial charge on any atom is 0.197 e. The highest BCUT2D eigenvalue weighted by atomic mass is 19.2. The first-order valence-electron chi connectivity index (χ1n) is 9.40. The molecule has 0 nitrogen and oxygen atoms in total. The second-order valence-corrected chi connectivity index (χ2v) is 7.33. The highest BCUT2D eigenvalue weighted by Gasteiger charge is 2.21. The van der Waals surface area contributed by atoms with E-state index in [0.717, 1.165) is 17.5 Å². The van der Waals surface area contributed by atoms with E-state index in [1.165, 1.54) is 37.7 Å². The average molecular weight is 364 g/mol. The van der Waals surface area contributed by atoms with Crippen LogP contribution >= 0.6 is 0 Å². The minimum Gasteiger partial charge on any atom is -0.204 e. The quantitative estimate of drug-likeness (QED) is 0.314. The zero-order chi connectivity index (χ0) is 18.7. The van der Waals surface area contributed by atoms with E-state index < -0.39 is 23.3 Å². The molecule has 3 rings (SSSR count). The van der Waals surface area contributed by atoms with Crippen molar-refractivity contribution in [2.75, 3.05) is 0 Å². The van der Waals surface area contributed by atoms with Crippen LogP contribution in [0.2, 0.25) is 0 Å². The Kier molecular flexibility index (Phi) is 6.00. The number of benzene rings is 2. The minimum absolute atomic E-state index is 0.126. The summed E-state index contributed by atoms with van der Waals surface area (Å²) < 4.78 is 53.3. The Morgan fingerprint density at radius 1 is 0.808 bits per heavy atom. The average Bonchev–Trinajstić information content (AvgIpc) is 2.68. The first-order chi connectivity index (χ1) is 12.5.